The third-order valence-corrected chi connectivity index (χ3v) is 3.41. The van der Waals surface area contributed by atoms with Crippen LogP contribution in [0.25, 0.3) is 0 Å². The van der Waals surface area contributed by atoms with Crippen molar-refractivity contribution in [2.75, 3.05) is 5.73 Å². The molecule has 120 valence electrons. The Balaban J connectivity index is 0.00000116. The second-order valence-electron chi connectivity index (χ2n) is 5.15. The van der Waals surface area contributed by atoms with Crippen molar-refractivity contribution in [3.05, 3.63) is 59.7 Å². The van der Waals surface area contributed by atoms with Crippen LogP contribution >= 0.6 is 0 Å². The van der Waals surface area contributed by atoms with E-state index in [-0.39, 0.29) is 11.2 Å². The first-order valence-electron chi connectivity index (χ1n) is 7.31. The van der Waals surface area contributed by atoms with Gasteiger partial charge in [-0.2, -0.15) is 8.78 Å². The average Bonchev–Trinajstić information content (AvgIpc) is 2.49. The van der Waals surface area contributed by atoms with Crippen LogP contribution in [0.15, 0.2) is 48.5 Å². The molecule has 0 atom stereocenters. The van der Waals surface area contributed by atoms with Crippen molar-refractivity contribution in [2.24, 2.45) is 0 Å². The summed E-state index contributed by atoms with van der Waals surface area (Å²) in [6.07, 6.45) is 0. The molecule has 0 unspecified atom stereocenters. The largest absolute Gasteiger partial charge is 0.435 e. The molecule has 0 fully saturated rings. The molecule has 0 saturated heterocycles. The molecule has 2 aromatic rings. The summed E-state index contributed by atoms with van der Waals surface area (Å²) < 4.78 is 28.6. The zero-order chi connectivity index (χ0) is 16.8. The predicted molar refractivity (Wildman–Crippen MR) is 87.4 cm³/mol. The van der Waals surface area contributed by atoms with Crippen LogP contribution < -0.4 is 10.5 Å². The predicted octanol–water partition coefficient (Wildman–Crippen LogP) is 5.22. The molecule has 2 rings (SSSR count). The maximum absolute atomic E-state index is 12.1. The number of rotatable bonds is 4. The maximum atomic E-state index is 12.1. The molecule has 0 aliphatic heterocycles. The zero-order valence-electron chi connectivity index (χ0n) is 13.4. The van der Waals surface area contributed by atoms with Gasteiger partial charge in [0.15, 0.2) is 0 Å². The molecular weight excluding hydrogens is 284 g/mol. The Labute approximate surface area is 130 Å². The Morgan fingerprint density at radius 2 is 1.55 bits per heavy atom. The highest BCUT2D eigenvalue weighted by Crippen LogP contribution is 2.33. The van der Waals surface area contributed by atoms with Gasteiger partial charge in [-0.1, -0.05) is 52.0 Å². The smallest absolute Gasteiger partial charge is 0.387 e. The monoisotopic (exact) mass is 307 g/mol. The van der Waals surface area contributed by atoms with Crippen LogP contribution in [0.3, 0.4) is 0 Å². The number of anilines is 1. The van der Waals surface area contributed by atoms with Crippen molar-refractivity contribution >= 4 is 5.69 Å². The van der Waals surface area contributed by atoms with E-state index in [0.29, 0.717) is 5.69 Å². The standard InChI is InChI=1S/C16H17F2NO.C2H6/c1-16(2,12-4-3-5-13(19)10-12)11-6-8-14(9-7-11)20-15(17)18;1-2/h3-10,15H,19H2,1-2H3;1-2H3. The topological polar surface area (TPSA) is 35.2 Å². The first-order valence-corrected chi connectivity index (χ1v) is 7.31. The highest BCUT2D eigenvalue weighted by molar-refractivity contribution is 5.47. The van der Waals surface area contributed by atoms with Crippen molar-refractivity contribution in [1.29, 1.82) is 0 Å². The first-order chi connectivity index (χ1) is 10.4. The third kappa shape index (κ3) is 4.45. The molecule has 2 nitrogen and oxygen atoms in total. The number of nitrogen functional groups attached to an aromatic ring is 1. The zero-order valence-corrected chi connectivity index (χ0v) is 13.4. The molecule has 0 amide bonds. The van der Waals surface area contributed by atoms with E-state index in [4.69, 9.17) is 5.73 Å². The SMILES string of the molecule is CC.CC(C)(c1ccc(OC(F)F)cc1)c1cccc(N)c1. The minimum absolute atomic E-state index is 0.159. The van der Waals surface area contributed by atoms with E-state index in [0.717, 1.165) is 11.1 Å². The summed E-state index contributed by atoms with van der Waals surface area (Å²) in [5, 5.41) is 0. The Morgan fingerprint density at radius 3 is 2.05 bits per heavy atom. The highest BCUT2D eigenvalue weighted by atomic mass is 19.3. The van der Waals surface area contributed by atoms with Gasteiger partial charge < -0.3 is 10.5 Å². The van der Waals surface area contributed by atoms with E-state index in [1.54, 1.807) is 24.3 Å². The van der Waals surface area contributed by atoms with E-state index in [1.165, 1.54) is 0 Å². The number of hydrogen-bond acceptors (Lipinski definition) is 2. The Kier molecular flexibility index (Phi) is 6.35. The molecule has 2 N–H and O–H groups in total. The number of ether oxygens (including phenoxy) is 1. The van der Waals surface area contributed by atoms with Crippen LogP contribution in [0.1, 0.15) is 38.8 Å². The molecule has 0 radical (unpaired) electrons. The van der Waals surface area contributed by atoms with Crippen molar-refractivity contribution in [3.8, 4) is 5.75 Å². The lowest BCUT2D eigenvalue weighted by Gasteiger charge is -2.26. The fraction of sp³-hybridized carbons (Fsp3) is 0.333. The second kappa shape index (κ2) is 7.78. The lowest BCUT2D eigenvalue weighted by Crippen LogP contribution is -2.19. The van der Waals surface area contributed by atoms with E-state index in [1.807, 2.05) is 38.1 Å². The van der Waals surface area contributed by atoms with Crippen molar-refractivity contribution in [2.45, 2.75) is 39.7 Å². The molecule has 0 aromatic heterocycles. The summed E-state index contributed by atoms with van der Waals surface area (Å²) in [7, 11) is 0. The van der Waals surface area contributed by atoms with Gasteiger partial charge in [0.05, 0.1) is 0 Å². The van der Waals surface area contributed by atoms with E-state index in [2.05, 4.69) is 18.6 Å². The lowest BCUT2D eigenvalue weighted by molar-refractivity contribution is -0.0498. The molecule has 0 aliphatic carbocycles. The second-order valence-corrected chi connectivity index (χ2v) is 5.15. The molecule has 0 aliphatic rings. The van der Waals surface area contributed by atoms with Gasteiger partial charge in [0.2, 0.25) is 0 Å². The molecule has 0 heterocycles. The van der Waals surface area contributed by atoms with Crippen LogP contribution in [0.4, 0.5) is 14.5 Å². The van der Waals surface area contributed by atoms with E-state index < -0.39 is 6.61 Å². The van der Waals surface area contributed by atoms with Crippen molar-refractivity contribution in [1.82, 2.24) is 0 Å². The van der Waals surface area contributed by atoms with Gasteiger partial charge in [0, 0.05) is 11.1 Å². The Morgan fingerprint density at radius 1 is 0.955 bits per heavy atom. The molecule has 2 aromatic carbocycles. The molecule has 0 saturated carbocycles. The maximum Gasteiger partial charge on any atom is 0.387 e. The minimum Gasteiger partial charge on any atom is -0.435 e. The van der Waals surface area contributed by atoms with Gasteiger partial charge in [0.25, 0.3) is 0 Å². The lowest BCUT2D eigenvalue weighted by atomic mass is 9.78. The molecule has 22 heavy (non-hydrogen) atoms. The number of alkyl halides is 2. The van der Waals surface area contributed by atoms with Crippen LogP contribution in [0, 0.1) is 0 Å². The first kappa shape index (κ1) is 18.0. The van der Waals surface area contributed by atoms with Crippen LogP contribution in [-0.2, 0) is 5.41 Å². The van der Waals surface area contributed by atoms with E-state index >= 15 is 0 Å². The summed E-state index contributed by atoms with van der Waals surface area (Å²) in [4.78, 5) is 0. The fourth-order valence-electron chi connectivity index (χ4n) is 2.15. The van der Waals surface area contributed by atoms with Gasteiger partial charge in [-0.25, -0.2) is 0 Å². The van der Waals surface area contributed by atoms with Gasteiger partial charge in [-0.15, -0.1) is 0 Å². The highest BCUT2D eigenvalue weighted by Gasteiger charge is 2.23. The minimum atomic E-state index is -2.80. The van der Waals surface area contributed by atoms with Crippen LogP contribution in [0.5, 0.6) is 5.75 Å². The van der Waals surface area contributed by atoms with Crippen molar-refractivity contribution in [3.63, 3.8) is 0 Å². The van der Waals surface area contributed by atoms with Gasteiger partial charge in [-0.3, -0.25) is 0 Å². The molecule has 0 bridgehead atoms. The quantitative estimate of drug-likeness (QED) is 0.786. The van der Waals surface area contributed by atoms with E-state index in [9.17, 15) is 8.78 Å². The third-order valence-electron chi connectivity index (χ3n) is 3.41. The normalized spacial score (nSPS) is 10.9. The van der Waals surface area contributed by atoms with Gasteiger partial charge in [0.1, 0.15) is 5.75 Å². The number of nitrogens with two attached hydrogens (primary N) is 1. The summed E-state index contributed by atoms with van der Waals surface area (Å²) >= 11 is 0. The van der Waals surface area contributed by atoms with Crippen LogP contribution in [0.2, 0.25) is 0 Å². The number of halogens is 2. The summed E-state index contributed by atoms with van der Waals surface area (Å²) in [5.74, 6) is 0.159. The number of hydrogen-bond donors (Lipinski definition) is 1. The van der Waals surface area contributed by atoms with Gasteiger partial charge in [-0.05, 0) is 35.4 Å². The molecular formula is C18H23F2NO. The summed E-state index contributed by atoms with van der Waals surface area (Å²) in [6, 6.07) is 14.3. The summed E-state index contributed by atoms with van der Waals surface area (Å²) in [5.41, 5.74) is 8.32. The Hall–Kier alpha value is -2.10. The Bertz CT molecular complexity index is 580. The fourth-order valence-corrected chi connectivity index (χ4v) is 2.15. The van der Waals surface area contributed by atoms with Crippen LogP contribution in [-0.4, -0.2) is 6.61 Å². The average molecular weight is 307 g/mol. The molecule has 0 spiro atoms. The number of benzene rings is 2. The summed E-state index contributed by atoms with van der Waals surface area (Å²) in [6.45, 7) is 5.32. The molecule has 4 heteroatoms. The van der Waals surface area contributed by atoms with Gasteiger partial charge >= 0.3 is 6.61 Å². The van der Waals surface area contributed by atoms with Crippen molar-refractivity contribution < 1.29 is 13.5 Å².